The molecule has 1 amide bonds. The highest BCUT2D eigenvalue weighted by molar-refractivity contribution is 5.81. The van der Waals surface area contributed by atoms with Crippen LogP contribution >= 0.6 is 0 Å². The summed E-state index contributed by atoms with van der Waals surface area (Å²) in [5.74, 6) is 0.0412. The van der Waals surface area contributed by atoms with Crippen molar-refractivity contribution in [3.63, 3.8) is 0 Å². The van der Waals surface area contributed by atoms with Gasteiger partial charge in [0.2, 0.25) is 5.91 Å². The molecule has 4 atom stereocenters. The molecule has 2 rings (SSSR count). The van der Waals surface area contributed by atoms with Crippen molar-refractivity contribution in [2.75, 3.05) is 13.2 Å². The highest BCUT2D eigenvalue weighted by atomic mass is 16.3. The zero-order chi connectivity index (χ0) is 16.8. The summed E-state index contributed by atoms with van der Waals surface area (Å²) in [4.78, 5) is 19.0. The Hall–Kier alpha value is -1.46. The molecule has 1 aliphatic rings. The van der Waals surface area contributed by atoms with Crippen LogP contribution < -0.4 is 5.32 Å². The van der Waals surface area contributed by atoms with E-state index < -0.39 is 0 Å². The molecule has 0 aromatic carbocycles. The molecule has 2 heterocycles. The quantitative estimate of drug-likeness (QED) is 0.801. The Bertz CT molecular complexity index is 484. The zero-order valence-electron chi connectivity index (χ0n) is 14.4. The van der Waals surface area contributed by atoms with Crippen molar-refractivity contribution in [1.29, 1.82) is 0 Å². The van der Waals surface area contributed by atoms with Crippen molar-refractivity contribution in [2.45, 2.75) is 58.2 Å². The molecule has 0 aliphatic carbocycles. The number of amides is 1. The number of aliphatic hydroxyl groups is 1. The number of likely N-dealkylation sites (tertiary alicyclic amines) is 1. The van der Waals surface area contributed by atoms with Gasteiger partial charge >= 0.3 is 0 Å². The van der Waals surface area contributed by atoms with Gasteiger partial charge in [0, 0.05) is 43.0 Å². The van der Waals surface area contributed by atoms with Crippen LogP contribution in [0, 0.1) is 5.92 Å². The Labute approximate surface area is 139 Å². The Kier molecular flexibility index (Phi) is 6.54. The van der Waals surface area contributed by atoms with Crippen LogP contribution in [-0.4, -0.2) is 52.2 Å². The van der Waals surface area contributed by atoms with Crippen LogP contribution in [0.3, 0.4) is 0 Å². The number of pyridine rings is 1. The number of carbonyl (C=O) groups is 1. The van der Waals surface area contributed by atoms with Gasteiger partial charge in [0.05, 0.1) is 6.04 Å². The molecule has 1 aliphatic heterocycles. The average molecular weight is 319 g/mol. The summed E-state index contributed by atoms with van der Waals surface area (Å²) >= 11 is 0. The van der Waals surface area contributed by atoms with E-state index in [1.54, 1.807) is 6.20 Å². The maximum absolute atomic E-state index is 12.4. The van der Waals surface area contributed by atoms with Gasteiger partial charge in [-0.15, -0.1) is 0 Å². The Morgan fingerprint density at radius 3 is 2.65 bits per heavy atom. The maximum Gasteiger partial charge on any atom is 0.237 e. The number of hydrogen-bond donors (Lipinski definition) is 2. The number of rotatable bonds is 7. The van der Waals surface area contributed by atoms with Gasteiger partial charge in [0.25, 0.3) is 0 Å². The smallest absolute Gasteiger partial charge is 0.237 e. The van der Waals surface area contributed by atoms with Gasteiger partial charge in [-0.25, -0.2) is 0 Å². The van der Waals surface area contributed by atoms with E-state index in [2.05, 4.69) is 29.0 Å². The van der Waals surface area contributed by atoms with Crippen molar-refractivity contribution < 1.29 is 9.90 Å². The number of aromatic nitrogens is 1. The fourth-order valence-electron chi connectivity index (χ4n) is 3.52. The van der Waals surface area contributed by atoms with Crippen molar-refractivity contribution in [3.05, 3.63) is 30.1 Å². The first kappa shape index (κ1) is 17.9. The van der Waals surface area contributed by atoms with E-state index in [9.17, 15) is 9.90 Å². The topological polar surface area (TPSA) is 65.5 Å². The summed E-state index contributed by atoms with van der Waals surface area (Å²) in [5.41, 5.74) is 0.940. The Morgan fingerprint density at radius 2 is 2.09 bits per heavy atom. The molecule has 0 spiro atoms. The van der Waals surface area contributed by atoms with Crippen LogP contribution in [0.15, 0.2) is 24.4 Å². The average Bonchev–Trinajstić information content (AvgIpc) is 2.90. The molecule has 0 radical (unpaired) electrons. The summed E-state index contributed by atoms with van der Waals surface area (Å²) in [6.45, 7) is 6.87. The largest absolute Gasteiger partial charge is 0.396 e. The predicted molar refractivity (Wildman–Crippen MR) is 91.0 cm³/mol. The third-order valence-corrected chi connectivity index (χ3v) is 4.89. The molecule has 5 heteroatoms. The highest BCUT2D eigenvalue weighted by Gasteiger charge is 2.34. The first-order chi connectivity index (χ1) is 11.0. The van der Waals surface area contributed by atoms with Crippen molar-refractivity contribution in [3.8, 4) is 0 Å². The number of carbonyl (C=O) groups excluding carboxylic acids is 1. The second-order valence-electron chi connectivity index (χ2n) is 6.72. The molecule has 1 saturated heterocycles. The van der Waals surface area contributed by atoms with E-state index in [1.807, 2.05) is 25.1 Å². The minimum absolute atomic E-state index is 0.00512. The van der Waals surface area contributed by atoms with E-state index in [-0.39, 0.29) is 24.5 Å². The molecule has 2 N–H and O–H groups in total. The number of aliphatic hydroxyl groups excluding tert-OH is 1. The van der Waals surface area contributed by atoms with Crippen LogP contribution in [0.2, 0.25) is 0 Å². The van der Waals surface area contributed by atoms with Gasteiger partial charge in [-0.3, -0.25) is 14.7 Å². The monoisotopic (exact) mass is 319 g/mol. The van der Waals surface area contributed by atoms with Gasteiger partial charge < -0.3 is 10.4 Å². The van der Waals surface area contributed by atoms with Gasteiger partial charge in [-0.2, -0.15) is 0 Å². The standard InChI is InChI=1S/C18H29N3O2/c1-13-7-8-14(2)21(13)15(3)18(23)20-11-16(12-22)10-17-6-4-5-9-19-17/h4-6,9,13-16,22H,7-8,10-12H2,1-3H3,(H,20,23)/t13-,14+,15-,16-/m0/s1. The van der Waals surface area contributed by atoms with Crippen LogP contribution in [0.4, 0.5) is 0 Å². The zero-order valence-corrected chi connectivity index (χ0v) is 14.4. The minimum atomic E-state index is -0.128. The molecular weight excluding hydrogens is 290 g/mol. The van der Waals surface area contributed by atoms with Gasteiger partial charge in [0.15, 0.2) is 0 Å². The number of hydrogen-bond acceptors (Lipinski definition) is 4. The predicted octanol–water partition coefficient (Wildman–Crippen LogP) is 1.61. The second-order valence-corrected chi connectivity index (χ2v) is 6.72. The molecule has 128 valence electrons. The summed E-state index contributed by atoms with van der Waals surface area (Å²) < 4.78 is 0. The van der Waals surface area contributed by atoms with E-state index >= 15 is 0 Å². The molecule has 0 unspecified atom stereocenters. The maximum atomic E-state index is 12.4. The Morgan fingerprint density at radius 1 is 1.39 bits per heavy atom. The minimum Gasteiger partial charge on any atom is -0.396 e. The number of nitrogens with one attached hydrogen (secondary N) is 1. The van der Waals surface area contributed by atoms with Gasteiger partial charge in [-0.05, 0) is 52.2 Å². The third kappa shape index (κ3) is 4.75. The molecule has 0 bridgehead atoms. The fourth-order valence-corrected chi connectivity index (χ4v) is 3.52. The van der Waals surface area contributed by atoms with E-state index in [4.69, 9.17) is 0 Å². The molecular formula is C18H29N3O2. The first-order valence-corrected chi connectivity index (χ1v) is 8.58. The lowest BCUT2D eigenvalue weighted by atomic mass is 10.0. The van der Waals surface area contributed by atoms with E-state index in [1.165, 1.54) is 0 Å². The van der Waals surface area contributed by atoms with Gasteiger partial charge in [0.1, 0.15) is 0 Å². The van der Waals surface area contributed by atoms with Crippen molar-refractivity contribution >= 4 is 5.91 Å². The first-order valence-electron chi connectivity index (χ1n) is 8.58. The van der Waals surface area contributed by atoms with E-state index in [0.717, 1.165) is 18.5 Å². The van der Waals surface area contributed by atoms with Crippen molar-refractivity contribution in [2.24, 2.45) is 5.92 Å². The second kappa shape index (κ2) is 8.41. The molecule has 1 aromatic heterocycles. The lowest BCUT2D eigenvalue weighted by Crippen LogP contribution is -2.50. The van der Waals surface area contributed by atoms with E-state index in [0.29, 0.717) is 25.0 Å². The van der Waals surface area contributed by atoms with Crippen LogP contribution in [-0.2, 0) is 11.2 Å². The van der Waals surface area contributed by atoms with Crippen LogP contribution in [0.5, 0.6) is 0 Å². The summed E-state index contributed by atoms with van der Waals surface area (Å²) in [6.07, 6.45) is 4.72. The Balaban J connectivity index is 1.84. The lowest BCUT2D eigenvalue weighted by molar-refractivity contribution is -0.127. The summed E-state index contributed by atoms with van der Waals surface area (Å²) in [6, 6.07) is 6.53. The summed E-state index contributed by atoms with van der Waals surface area (Å²) in [7, 11) is 0. The molecule has 23 heavy (non-hydrogen) atoms. The normalized spacial score (nSPS) is 24.3. The molecule has 0 saturated carbocycles. The molecule has 5 nitrogen and oxygen atoms in total. The molecule has 1 aromatic rings. The van der Waals surface area contributed by atoms with Crippen LogP contribution in [0.25, 0.3) is 0 Å². The fraction of sp³-hybridized carbons (Fsp3) is 0.667. The van der Waals surface area contributed by atoms with Crippen LogP contribution in [0.1, 0.15) is 39.3 Å². The third-order valence-electron chi connectivity index (χ3n) is 4.89. The molecule has 1 fully saturated rings. The van der Waals surface area contributed by atoms with Crippen molar-refractivity contribution in [1.82, 2.24) is 15.2 Å². The number of nitrogens with zero attached hydrogens (tertiary/aromatic N) is 2. The summed E-state index contributed by atoms with van der Waals surface area (Å²) in [5, 5.41) is 12.5. The highest BCUT2D eigenvalue weighted by Crippen LogP contribution is 2.25. The lowest BCUT2D eigenvalue weighted by Gasteiger charge is -2.31. The van der Waals surface area contributed by atoms with Gasteiger partial charge in [-0.1, -0.05) is 6.07 Å². The SMILES string of the molecule is C[C@@H]1CC[C@H](C)N1[C@@H](C)C(=O)NC[C@@H](CO)Cc1ccccn1.